The summed E-state index contributed by atoms with van der Waals surface area (Å²) in [6.45, 7) is 4.11. The van der Waals surface area contributed by atoms with Gasteiger partial charge in [0.15, 0.2) is 0 Å². The zero-order valence-electron chi connectivity index (χ0n) is 11.6. The summed E-state index contributed by atoms with van der Waals surface area (Å²) >= 11 is 0. The van der Waals surface area contributed by atoms with Crippen LogP contribution in [-0.2, 0) is 9.53 Å². The van der Waals surface area contributed by atoms with Gasteiger partial charge in [0.05, 0.1) is 6.10 Å². The Labute approximate surface area is 121 Å². The van der Waals surface area contributed by atoms with Crippen LogP contribution in [0.25, 0.3) is 0 Å². The van der Waals surface area contributed by atoms with Crippen LogP contribution in [0.15, 0.2) is 30.3 Å². The average Bonchev–Trinajstić information content (AvgIpc) is 2.39. The van der Waals surface area contributed by atoms with Crippen LogP contribution < -0.4 is 11.1 Å². The molecule has 3 N–H and O–H groups in total. The van der Waals surface area contributed by atoms with Crippen molar-refractivity contribution < 1.29 is 9.53 Å². The predicted octanol–water partition coefficient (Wildman–Crippen LogP) is 1.90. The maximum atomic E-state index is 11.8. The number of hydrogen-bond acceptors (Lipinski definition) is 3. The molecule has 19 heavy (non-hydrogen) atoms. The third kappa shape index (κ3) is 5.59. The third-order valence-electron chi connectivity index (χ3n) is 3.12. The van der Waals surface area contributed by atoms with Crippen molar-refractivity contribution in [2.45, 2.75) is 26.0 Å². The van der Waals surface area contributed by atoms with Crippen LogP contribution in [0.3, 0.4) is 0 Å². The van der Waals surface area contributed by atoms with Crippen LogP contribution in [0.1, 0.15) is 25.5 Å². The summed E-state index contributed by atoms with van der Waals surface area (Å²) in [5.74, 6) is -0.235. The van der Waals surface area contributed by atoms with E-state index in [1.807, 2.05) is 44.2 Å². The highest BCUT2D eigenvalue weighted by Gasteiger charge is 2.18. The van der Waals surface area contributed by atoms with Gasteiger partial charge < -0.3 is 15.8 Å². The van der Waals surface area contributed by atoms with Crippen molar-refractivity contribution in [1.82, 2.24) is 5.32 Å². The molecule has 1 rings (SSSR count). The van der Waals surface area contributed by atoms with Gasteiger partial charge in [-0.05, 0) is 12.5 Å². The Bertz CT molecular complexity index is 371. The lowest BCUT2D eigenvalue weighted by Gasteiger charge is -2.19. The molecular weight excluding hydrogens is 264 g/mol. The van der Waals surface area contributed by atoms with Gasteiger partial charge in [0.2, 0.25) is 5.91 Å². The van der Waals surface area contributed by atoms with Crippen molar-refractivity contribution in [3.05, 3.63) is 35.9 Å². The van der Waals surface area contributed by atoms with Crippen molar-refractivity contribution in [1.29, 1.82) is 0 Å². The molecule has 1 amide bonds. The lowest BCUT2D eigenvalue weighted by Crippen LogP contribution is -2.40. The summed E-state index contributed by atoms with van der Waals surface area (Å²) in [6.07, 6.45) is -0.129. The number of halogens is 1. The molecular formula is C14H23ClN2O2. The van der Waals surface area contributed by atoms with Crippen LogP contribution >= 0.6 is 12.4 Å². The van der Waals surface area contributed by atoms with Crippen LogP contribution in [0.4, 0.5) is 0 Å². The number of nitrogens with one attached hydrogen (secondary N) is 1. The van der Waals surface area contributed by atoms with Gasteiger partial charge >= 0.3 is 0 Å². The van der Waals surface area contributed by atoms with Gasteiger partial charge in [0.1, 0.15) is 0 Å². The van der Waals surface area contributed by atoms with Crippen molar-refractivity contribution in [2.24, 2.45) is 11.7 Å². The van der Waals surface area contributed by atoms with Crippen LogP contribution in [0.2, 0.25) is 0 Å². The number of carbonyl (C=O) groups excluding carboxylic acids is 1. The van der Waals surface area contributed by atoms with E-state index < -0.39 is 0 Å². The Balaban J connectivity index is 0.00000324. The average molecular weight is 287 g/mol. The summed E-state index contributed by atoms with van der Waals surface area (Å²) in [5, 5.41) is 2.87. The van der Waals surface area contributed by atoms with Gasteiger partial charge in [-0.25, -0.2) is 0 Å². The molecule has 0 fully saturated rings. The maximum Gasteiger partial charge on any atom is 0.224 e. The molecule has 0 spiro atoms. The molecule has 3 unspecified atom stereocenters. The summed E-state index contributed by atoms with van der Waals surface area (Å²) in [4.78, 5) is 11.8. The first-order valence-corrected chi connectivity index (χ1v) is 6.17. The lowest BCUT2D eigenvalue weighted by atomic mass is 10.0. The van der Waals surface area contributed by atoms with Gasteiger partial charge in [0.25, 0.3) is 0 Å². The minimum Gasteiger partial charge on any atom is -0.375 e. The first kappa shape index (κ1) is 17.9. The fourth-order valence-corrected chi connectivity index (χ4v) is 1.60. The monoisotopic (exact) mass is 286 g/mol. The van der Waals surface area contributed by atoms with Crippen molar-refractivity contribution in [3.8, 4) is 0 Å². The van der Waals surface area contributed by atoms with E-state index in [2.05, 4.69) is 5.32 Å². The largest absolute Gasteiger partial charge is 0.375 e. The molecule has 0 aliphatic heterocycles. The molecule has 0 saturated carbocycles. The molecule has 0 radical (unpaired) electrons. The standard InChI is InChI=1S/C14H22N2O2.ClH/c1-10(11(2)15)14(17)16-9-13(18-3)12-7-5-4-6-8-12;/h4-8,10-11,13H,9,15H2,1-3H3,(H,16,17);1H. The van der Waals surface area contributed by atoms with E-state index >= 15 is 0 Å². The molecule has 0 aliphatic carbocycles. The number of nitrogens with two attached hydrogens (primary N) is 1. The Kier molecular flexibility index (Phi) is 8.39. The van der Waals surface area contributed by atoms with Crippen molar-refractivity contribution in [2.75, 3.05) is 13.7 Å². The van der Waals surface area contributed by atoms with Crippen LogP contribution in [0, 0.1) is 5.92 Å². The number of ether oxygens (including phenoxy) is 1. The molecule has 0 aromatic heterocycles. The fourth-order valence-electron chi connectivity index (χ4n) is 1.60. The molecule has 0 heterocycles. The minimum absolute atomic E-state index is 0. The zero-order valence-corrected chi connectivity index (χ0v) is 12.4. The second-order valence-corrected chi connectivity index (χ2v) is 4.53. The quantitative estimate of drug-likeness (QED) is 0.839. The lowest BCUT2D eigenvalue weighted by molar-refractivity contribution is -0.125. The van der Waals surface area contributed by atoms with Gasteiger partial charge in [-0.1, -0.05) is 37.3 Å². The van der Waals surface area contributed by atoms with E-state index in [1.54, 1.807) is 7.11 Å². The molecule has 108 valence electrons. The fraction of sp³-hybridized carbons (Fsp3) is 0.500. The van der Waals surface area contributed by atoms with E-state index in [4.69, 9.17) is 10.5 Å². The van der Waals surface area contributed by atoms with Gasteiger partial charge in [-0.2, -0.15) is 0 Å². The van der Waals surface area contributed by atoms with E-state index in [9.17, 15) is 4.79 Å². The van der Waals surface area contributed by atoms with Crippen LogP contribution in [-0.4, -0.2) is 25.6 Å². The minimum atomic E-state index is -0.196. The topological polar surface area (TPSA) is 64.3 Å². The number of hydrogen-bond donors (Lipinski definition) is 2. The summed E-state index contributed by atoms with van der Waals surface area (Å²) in [6, 6.07) is 9.67. The molecule has 3 atom stereocenters. The van der Waals surface area contributed by atoms with Gasteiger partial charge in [0, 0.05) is 25.6 Å². The van der Waals surface area contributed by atoms with Gasteiger partial charge in [-0.3, -0.25) is 4.79 Å². The summed E-state index contributed by atoms with van der Waals surface area (Å²) < 4.78 is 5.38. The number of methoxy groups -OCH3 is 1. The molecule has 0 aliphatic rings. The smallest absolute Gasteiger partial charge is 0.224 e. The molecule has 5 heteroatoms. The number of amides is 1. The number of carbonyl (C=O) groups is 1. The van der Waals surface area contributed by atoms with E-state index in [-0.39, 0.29) is 36.4 Å². The molecule has 1 aromatic rings. The highest BCUT2D eigenvalue weighted by Crippen LogP contribution is 2.15. The second kappa shape index (κ2) is 8.91. The molecule has 0 bridgehead atoms. The second-order valence-electron chi connectivity index (χ2n) is 4.53. The maximum absolute atomic E-state index is 11.8. The third-order valence-corrected chi connectivity index (χ3v) is 3.12. The summed E-state index contributed by atoms with van der Waals surface area (Å²) in [5.41, 5.74) is 6.74. The normalized spacial score (nSPS) is 14.9. The molecule has 0 saturated heterocycles. The summed E-state index contributed by atoms with van der Waals surface area (Å²) in [7, 11) is 1.64. The zero-order chi connectivity index (χ0) is 13.5. The highest BCUT2D eigenvalue weighted by atomic mass is 35.5. The molecule has 4 nitrogen and oxygen atoms in total. The Morgan fingerprint density at radius 3 is 2.37 bits per heavy atom. The number of rotatable bonds is 6. The first-order valence-electron chi connectivity index (χ1n) is 6.17. The van der Waals surface area contributed by atoms with Crippen LogP contribution in [0.5, 0.6) is 0 Å². The van der Waals surface area contributed by atoms with E-state index in [1.165, 1.54) is 0 Å². The van der Waals surface area contributed by atoms with E-state index in [0.29, 0.717) is 6.54 Å². The Morgan fingerprint density at radius 2 is 1.89 bits per heavy atom. The van der Waals surface area contributed by atoms with Crippen molar-refractivity contribution >= 4 is 18.3 Å². The first-order chi connectivity index (χ1) is 8.56. The highest BCUT2D eigenvalue weighted by molar-refractivity contribution is 5.85. The Hall–Kier alpha value is -1.10. The predicted molar refractivity (Wildman–Crippen MR) is 79.3 cm³/mol. The SMILES string of the molecule is COC(CNC(=O)C(C)C(C)N)c1ccccc1.Cl. The van der Waals surface area contributed by atoms with Gasteiger partial charge in [-0.15, -0.1) is 12.4 Å². The van der Waals surface area contributed by atoms with E-state index in [0.717, 1.165) is 5.56 Å². The molecule has 1 aromatic carbocycles. The number of benzene rings is 1. The Morgan fingerprint density at radius 1 is 1.32 bits per heavy atom. The van der Waals surface area contributed by atoms with Crippen molar-refractivity contribution in [3.63, 3.8) is 0 Å².